The van der Waals surface area contributed by atoms with Gasteiger partial charge in [0, 0.05) is 5.69 Å². The zero-order chi connectivity index (χ0) is 14.0. The molecule has 0 saturated carbocycles. The van der Waals surface area contributed by atoms with Crippen LogP contribution in [0.1, 0.15) is 5.56 Å². The van der Waals surface area contributed by atoms with Crippen molar-refractivity contribution in [2.75, 3.05) is 10.5 Å². The zero-order valence-corrected chi connectivity index (χ0v) is 12.4. The normalized spacial score (nSPS) is 11.3. The van der Waals surface area contributed by atoms with E-state index in [9.17, 15) is 8.42 Å². The van der Waals surface area contributed by atoms with Gasteiger partial charge in [-0.25, -0.2) is 18.4 Å². The highest BCUT2D eigenvalue weighted by atomic mass is 79.9. The summed E-state index contributed by atoms with van der Waals surface area (Å²) in [5.41, 5.74) is 6.90. The average Bonchev–Trinajstić information content (AvgIpc) is 2.35. The van der Waals surface area contributed by atoms with Gasteiger partial charge >= 0.3 is 0 Å². The van der Waals surface area contributed by atoms with Gasteiger partial charge in [0.05, 0.1) is 17.3 Å². The highest BCUT2D eigenvalue weighted by molar-refractivity contribution is 9.10. The molecule has 0 bridgehead atoms. The van der Waals surface area contributed by atoms with Gasteiger partial charge in [-0.15, -0.1) is 0 Å². The Labute approximate surface area is 119 Å². The summed E-state index contributed by atoms with van der Waals surface area (Å²) in [6.07, 6.45) is 2.73. The van der Waals surface area contributed by atoms with Crippen LogP contribution in [0.5, 0.6) is 0 Å². The summed E-state index contributed by atoms with van der Waals surface area (Å²) in [7, 11) is -3.69. The van der Waals surface area contributed by atoms with Crippen molar-refractivity contribution in [2.24, 2.45) is 0 Å². The highest BCUT2D eigenvalue weighted by Crippen LogP contribution is 2.19. The first kappa shape index (κ1) is 13.8. The predicted molar refractivity (Wildman–Crippen MR) is 76.1 cm³/mol. The topological polar surface area (TPSA) is 98.0 Å². The van der Waals surface area contributed by atoms with Crippen LogP contribution >= 0.6 is 15.9 Å². The lowest BCUT2D eigenvalue weighted by atomic mass is 10.2. The third kappa shape index (κ3) is 3.21. The van der Waals surface area contributed by atoms with Crippen LogP contribution in [-0.4, -0.2) is 18.4 Å². The summed E-state index contributed by atoms with van der Waals surface area (Å²) in [6.45, 7) is 1.74. The largest absolute Gasteiger partial charge is 0.399 e. The van der Waals surface area contributed by atoms with E-state index in [1.165, 1.54) is 24.5 Å². The number of nitrogen functional groups attached to an aromatic ring is 1. The summed E-state index contributed by atoms with van der Waals surface area (Å²) in [6, 6.07) is 4.50. The van der Waals surface area contributed by atoms with Crippen molar-refractivity contribution < 1.29 is 8.42 Å². The molecule has 0 fully saturated rings. The molecule has 1 aromatic carbocycles. The van der Waals surface area contributed by atoms with Crippen LogP contribution in [0.2, 0.25) is 0 Å². The molecule has 0 aliphatic heterocycles. The second-order valence-electron chi connectivity index (χ2n) is 3.85. The predicted octanol–water partition coefficient (Wildman–Crippen LogP) is 1.93. The number of aryl methyl sites for hydroxylation is 1. The first-order chi connectivity index (χ1) is 8.88. The fourth-order valence-corrected chi connectivity index (χ4v) is 2.66. The van der Waals surface area contributed by atoms with Gasteiger partial charge in [0.1, 0.15) is 4.60 Å². The first-order valence-electron chi connectivity index (χ1n) is 5.25. The number of sulfonamides is 1. The van der Waals surface area contributed by atoms with E-state index in [4.69, 9.17) is 5.73 Å². The number of halogens is 1. The maximum Gasteiger partial charge on any atom is 0.263 e. The van der Waals surface area contributed by atoms with Crippen molar-refractivity contribution in [1.29, 1.82) is 0 Å². The number of nitrogens with zero attached hydrogens (tertiary/aromatic N) is 2. The number of hydrogen-bond acceptors (Lipinski definition) is 5. The average molecular weight is 343 g/mol. The van der Waals surface area contributed by atoms with Crippen molar-refractivity contribution in [3.8, 4) is 0 Å². The quantitative estimate of drug-likeness (QED) is 0.830. The number of nitrogens with one attached hydrogen (secondary N) is 1. The molecule has 1 aromatic heterocycles. The summed E-state index contributed by atoms with van der Waals surface area (Å²) in [5.74, 6) is 0.151. The van der Waals surface area contributed by atoms with E-state index in [0.29, 0.717) is 15.9 Å². The van der Waals surface area contributed by atoms with Gasteiger partial charge in [0.2, 0.25) is 0 Å². The molecular weight excluding hydrogens is 332 g/mol. The van der Waals surface area contributed by atoms with Crippen LogP contribution in [0, 0.1) is 6.92 Å². The van der Waals surface area contributed by atoms with Gasteiger partial charge in [-0.3, -0.25) is 4.72 Å². The smallest absolute Gasteiger partial charge is 0.263 e. The van der Waals surface area contributed by atoms with Crippen molar-refractivity contribution in [1.82, 2.24) is 9.97 Å². The Kier molecular flexibility index (Phi) is 3.72. The molecule has 6 nitrogen and oxygen atoms in total. The minimum absolute atomic E-state index is 0.129. The summed E-state index contributed by atoms with van der Waals surface area (Å²) < 4.78 is 27.1. The van der Waals surface area contributed by atoms with Gasteiger partial charge in [0.15, 0.2) is 5.82 Å². The van der Waals surface area contributed by atoms with E-state index in [1.54, 1.807) is 13.0 Å². The van der Waals surface area contributed by atoms with E-state index in [1.807, 2.05) is 0 Å². The van der Waals surface area contributed by atoms with Gasteiger partial charge in [-0.1, -0.05) is 0 Å². The molecular formula is C11H11BrN4O2S. The molecule has 0 saturated heterocycles. The second kappa shape index (κ2) is 5.14. The maximum atomic E-state index is 12.1. The van der Waals surface area contributed by atoms with Gasteiger partial charge < -0.3 is 5.73 Å². The van der Waals surface area contributed by atoms with Crippen LogP contribution in [0.15, 0.2) is 40.1 Å². The van der Waals surface area contributed by atoms with E-state index in [2.05, 4.69) is 30.6 Å². The van der Waals surface area contributed by atoms with E-state index in [-0.39, 0.29) is 10.7 Å². The Hall–Kier alpha value is -1.67. The number of aromatic nitrogens is 2. The van der Waals surface area contributed by atoms with Crippen molar-refractivity contribution >= 4 is 37.5 Å². The molecule has 2 rings (SSSR count). The molecule has 0 atom stereocenters. The Morgan fingerprint density at radius 3 is 2.58 bits per heavy atom. The monoisotopic (exact) mass is 342 g/mol. The molecule has 2 aromatic rings. The molecule has 1 heterocycles. The molecule has 0 aliphatic carbocycles. The Morgan fingerprint density at radius 2 is 2.00 bits per heavy atom. The minimum atomic E-state index is -3.69. The molecule has 0 aliphatic rings. The number of benzene rings is 1. The third-order valence-electron chi connectivity index (χ3n) is 2.41. The fourth-order valence-electron chi connectivity index (χ4n) is 1.38. The minimum Gasteiger partial charge on any atom is -0.399 e. The van der Waals surface area contributed by atoms with Gasteiger partial charge in [-0.05, 0) is 46.6 Å². The van der Waals surface area contributed by atoms with Crippen LogP contribution in [0.25, 0.3) is 0 Å². The van der Waals surface area contributed by atoms with E-state index < -0.39 is 10.0 Å². The standard InChI is InChI=1S/C11H11BrN4O2S/c1-7-4-8(2-3-9(7)13)19(17,18)16-11-6-14-10(12)5-15-11/h2-6H,13H2,1H3,(H,15,16). The first-order valence-corrected chi connectivity index (χ1v) is 7.52. The molecule has 0 radical (unpaired) electrons. The van der Waals surface area contributed by atoms with Gasteiger partial charge in [0.25, 0.3) is 10.0 Å². The Balaban J connectivity index is 2.32. The third-order valence-corrected chi connectivity index (χ3v) is 4.17. The number of rotatable bonds is 3. The SMILES string of the molecule is Cc1cc(S(=O)(=O)Nc2cnc(Br)cn2)ccc1N. The highest BCUT2D eigenvalue weighted by Gasteiger charge is 2.15. The molecule has 3 N–H and O–H groups in total. The zero-order valence-electron chi connectivity index (χ0n) is 9.96. The van der Waals surface area contributed by atoms with Crippen molar-refractivity contribution in [2.45, 2.75) is 11.8 Å². The summed E-state index contributed by atoms with van der Waals surface area (Å²) >= 11 is 3.12. The van der Waals surface area contributed by atoms with Crippen LogP contribution in [0.4, 0.5) is 11.5 Å². The van der Waals surface area contributed by atoms with Crippen LogP contribution in [-0.2, 0) is 10.0 Å². The van der Waals surface area contributed by atoms with Crippen LogP contribution < -0.4 is 10.5 Å². The number of anilines is 2. The van der Waals surface area contributed by atoms with E-state index in [0.717, 1.165) is 0 Å². The van der Waals surface area contributed by atoms with Crippen LogP contribution in [0.3, 0.4) is 0 Å². The lowest BCUT2D eigenvalue weighted by Gasteiger charge is -2.08. The number of hydrogen-bond donors (Lipinski definition) is 2. The molecule has 0 spiro atoms. The Morgan fingerprint density at radius 1 is 1.26 bits per heavy atom. The van der Waals surface area contributed by atoms with Crippen molar-refractivity contribution in [3.63, 3.8) is 0 Å². The van der Waals surface area contributed by atoms with Crippen molar-refractivity contribution in [3.05, 3.63) is 40.8 Å². The summed E-state index contributed by atoms with van der Waals surface area (Å²) in [4.78, 5) is 7.93. The molecule has 0 amide bonds. The fraction of sp³-hybridized carbons (Fsp3) is 0.0909. The Bertz CT molecular complexity index is 701. The molecule has 0 unspecified atom stereocenters. The maximum absolute atomic E-state index is 12.1. The lowest BCUT2D eigenvalue weighted by molar-refractivity contribution is 0.601. The second-order valence-corrected chi connectivity index (χ2v) is 6.34. The van der Waals surface area contributed by atoms with E-state index >= 15 is 0 Å². The lowest BCUT2D eigenvalue weighted by Crippen LogP contribution is -2.14. The number of nitrogens with two attached hydrogens (primary N) is 1. The summed E-state index contributed by atoms with van der Waals surface area (Å²) in [5, 5.41) is 0. The molecule has 8 heteroatoms. The molecule has 100 valence electrons. The molecule has 19 heavy (non-hydrogen) atoms. The van der Waals surface area contributed by atoms with Gasteiger partial charge in [-0.2, -0.15) is 0 Å².